The first-order valence-corrected chi connectivity index (χ1v) is 8.75. The minimum atomic E-state index is 0.203. The van der Waals surface area contributed by atoms with Crippen LogP contribution in [0.1, 0.15) is 5.56 Å². The summed E-state index contributed by atoms with van der Waals surface area (Å²) >= 11 is 2.27. The number of aliphatic imine (C=N–C) groups is 1. The van der Waals surface area contributed by atoms with E-state index in [2.05, 4.69) is 32.6 Å². The van der Waals surface area contributed by atoms with E-state index in [1.165, 1.54) is 0 Å². The number of fused-ring (bicyclic) bond motifs is 1. The zero-order valence-electron chi connectivity index (χ0n) is 13.1. The number of oxazole rings is 1. The van der Waals surface area contributed by atoms with Crippen molar-refractivity contribution in [3.8, 4) is 17.2 Å². The summed E-state index contributed by atoms with van der Waals surface area (Å²) in [5.74, 6) is 0.796. The van der Waals surface area contributed by atoms with Gasteiger partial charge < -0.3 is 9.52 Å². The topological polar surface area (TPSA) is 58.6 Å². The largest absolute Gasteiger partial charge is 0.507 e. The lowest BCUT2D eigenvalue weighted by molar-refractivity contribution is 0.474. The summed E-state index contributed by atoms with van der Waals surface area (Å²) in [4.78, 5) is 8.98. The lowest BCUT2D eigenvalue weighted by atomic mass is 10.2. The highest BCUT2D eigenvalue weighted by Gasteiger charge is 2.09. The summed E-state index contributed by atoms with van der Waals surface area (Å²) in [5.41, 5.74) is 3.83. The average Bonchev–Trinajstić information content (AvgIpc) is 3.04. The van der Waals surface area contributed by atoms with E-state index in [0.29, 0.717) is 11.5 Å². The summed E-state index contributed by atoms with van der Waals surface area (Å²) in [5, 5.41) is 9.79. The first kappa shape index (κ1) is 15.8. The van der Waals surface area contributed by atoms with Crippen LogP contribution in [-0.2, 0) is 0 Å². The molecule has 0 amide bonds. The van der Waals surface area contributed by atoms with Crippen LogP contribution < -0.4 is 0 Å². The molecule has 0 atom stereocenters. The van der Waals surface area contributed by atoms with E-state index < -0.39 is 0 Å². The SMILES string of the molecule is Oc1ccccc1C=Nc1ccc2oc(-c3cccc(I)c3)nc2c1. The maximum absolute atomic E-state index is 9.79. The first-order valence-electron chi connectivity index (χ1n) is 7.68. The van der Waals surface area contributed by atoms with Crippen molar-refractivity contribution in [3.05, 3.63) is 75.9 Å². The molecule has 0 aliphatic heterocycles. The molecule has 0 saturated heterocycles. The molecule has 0 radical (unpaired) electrons. The monoisotopic (exact) mass is 440 g/mol. The maximum Gasteiger partial charge on any atom is 0.227 e. The van der Waals surface area contributed by atoms with Crippen molar-refractivity contribution in [3.63, 3.8) is 0 Å². The van der Waals surface area contributed by atoms with Crippen LogP contribution in [0.15, 0.2) is 76.1 Å². The van der Waals surface area contributed by atoms with Gasteiger partial charge in [0.05, 0.1) is 5.69 Å². The summed E-state index contributed by atoms with van der Waals surface area (Å²) < 4.78 is 6.97. The van der Waals surface area contributed by atoms with Gasteiger partial charge >= 0.3 is 0 Å². The summed E-state index contributed by atoms with van der Waals surface area (Å²) in [7, 11) is 0. The number of halogens is 1. The molecule has 25 heavy (non-hydrogen) atoms. The summed E-state index contributed by atoms with van der Waals surface area (Å²) in [6.07, 6.45) is 1.64. The van der Waals surface area contributed by atoms with Gasteiger partial charge in [-0.15, -0.1) is 0 Å². The van der Waals surface area contributed by atoms with E-state index in [0.717, 1.165) is 25.9 Å². The molecule has 4 nitrogen and oxygen atoms in total. The number of nitrogens with zero attached hydrogens (tertiary/aromatic N) is 2. The van der Waals surface area contributed by atoms with Gasteiger partial charge in [0, 0.05) is 20.9 Å². The molecule has 4 rings (SSSR count). The second-order valence-corrected chi connectivity index (χ2v) is 6.74. The number of aromatic hydroxyl groups is 1. The number of hydrogen-bond donors (Lipinski definition) is 1. The van der Waals surface area contributed by atoms with Gasteiger partial charge in [-0.05, 0) is 71.1 Å². The van der Waals surface area contributed by atoms with Crippen LogP contribution in [0.4, 0.5) is 5.69 Å². The zero-order valence-corrected chi connectivity index (χ0v) is 15.2. The van der Waals surface area contributed by atoms with Gasteiger partial charge in [0.15, 0.2) is 5.58 Å². The van der Waals surface area contributed by atoms with Crippen molar-refractivity contribution in [1.82, 2.24) is 4.98 Å². The van der Waals surface area contributed by atoms with E-state index in [9.17, 15) is 5.11 Å². The molecule has 0 saturated carbocycles. The Morgan fingerprint density at radius 1 is 1.00 bits per heavy atom. The lowest BCUT2D eigenvalue weighted by Gasteiger charge is -1.97. The second-order valence-electron chi connectivity index (χ2n) is 5.50. The van der Waals surface area contributed by atoms with Gasteiger partial charge in [-0.1, -0.05) is 18.2 Å². The van der Waals surface area contributed by atoms with E-state index in [1.54, 1.807) is 18.3 Å². The van der Waals surface area contributed by atoms with Crippen LogP contribution in [0.2, 0.25) is 0 Å². The molecule has 1 aromatic heterocycles. The molecule has 0 fully saturated rings. The number of aromatic nitrogens is 1. The molecule has 0 bridgehead atoms. The fraction of sp³-hybridized carbons (Fsp3) is 0. The van der Waals surface area contributed by atoms with E-state index in [1.807, 2.05) is 54.6 Å². The second kappa shape index (κ2) is 6.68. The highest BCUT2D eigenvalue weighted by atomic mass is 127. The molecule has 0 spiro atoms. The molecule has 0 unspecified atom stereocenters. The Morgan fingerprint density at radius 2 is 1.88 bits per heavy atom. The molecule has 0 aliphatic rings. The van der Waals surface area contributed by atoms with Gasteiger partial charge in [0.2, 0.25) is 5.89 Å². The van der Waals surface area contributed by atoms with Crippen LogP contribution in [0.5, 0.6) is 5.75 Å². The predicted octanol–water partition coefficient (Wildman–Crippen LogP) is 5.56. The number of hydrogen-bond acceptors (Lipinski definition) is 4. The maximum atomic E-state index is 9.79. The van der Waals surface area contributed by atoms with Crippen LogP contribution in [0.25, 0.3) is 22.6 Å². The van der Waals surface area contributed by atoms with E-state index in [4.69, 9.17) is 4.42 Å². The van der Waals surface area contributed by atoms with Crippen molar-refractivity contribution in [2.24, 2.45) is 4.99 Å². The van der Waals surface area contributed by atoms with Crippen molar-refractivity contribution < 1.29 is 9.52 Å². The minimum Gasteiger partial charge on any atom is -0.507 e. The van der Waals surface area contributed by atoms with Gasteiger partial charge in [-0.2, -0.15) is 0 Å². The third-order valence-electron chi connectivity index (χ3n) is 3.73. The quantitative estimate of drug-likeness (QED) is 0.336. The first-order chi connectivity index (χ1) is 12.2. The fourth-order valence-corrected chi connectivity index (χ4v) is 3.02. The molecule has 3 aromatic carbocycles. The average molecular weight is 440 g/mol. The standard InChI is InChI=1S/C20H13IN2O2/c21-15-6-3-5-13(10-15)20-23-17-11-16(8-9-19(17)25-20)22-12-14-4-1-2-7-18(14)24/h1-12,24H. The normalized spacial score (nSPS) is 11.4. The van der Waals surface area contributed by atoms with Crippen molar-refractivity contribution in [1.29, 1.82) is 0 Å². The Balaban J connectivity index is 1.68. The molecular weight excluding hydrogens is 427 g/mol. The van der Waals surface area contributed by atoms with Crippen LogP contribution >= 0.6 is 22.6 Å². The number of phenols is 1. The number of rotatable bonds is 3. The number of para-hydroxylation sites is 1. The third-order valence-corrected chi connectivity index (χ3v) is 4.40. The zero-order chi connectivity index (χ0) is 17.2. The number of benzene rings is 3. The Kier molecular flexibility index (Phi) is 4.23. The third kappa shape index (κ3) is 3.41. The smallest absolute Gasteiger partial charge is 0.227 e. The van der Waals surface area contributed by atoms with Gasteiger partial charge in [-0.25, -0.2) is 4.98 Å². The van der Waals surface area contributed by atoms with Crippen LogP contribution in [-0.4, -0.2) is 16.3 Å². The lowest BCUT2D eigenvalue weighted by Crippen LogP contribution is -1.80. The van der Waals surface area contributed by atoms with Crippen LogP contribution in [0.3, 0.4) is 0 Å². The molecule has 5 heteroatoms. The van der Waals surface area contributed by atoms with Crippen molar-refractivity contribution >= 4 is 45.6 Å². The Labute approximate surface area is 158 Å². The van der Waals surface area contributed by atoms with Crippen LogP contribution in [0, 0.1) is 3.57 Å². The molecule has 1 heterocycles. The molecule has 0 aliphatic carbocycles. The molecule has 4 aromatic rings. The highest BCUT2D eigenvalue weighted by Crippen LogP contribution is 2.28. The van der Waals surface area contributed by atoms with Gasteiger partial charge in [0.1, 0.15) is 11.3 Å². The fourth-order valence-electron chi connectivity index (χ4n) is 2.48. The molecule has 1 N–H and O–H groups in total. The van der Waals surface area contributed by atoms with E-state index in [-0.39, 0.29) is 5.75 Å². The minimum absolute atomic E-state index is 0.203. The number of phenolic OH excluding ortho intramolecular Hbond substituents is 1. The molecule has 122 valence electrons. The summed E-state index contributed by atoms with van der Waals surface area (Å²) in [6.45, 7) is 0. The van der Waals surface area contributed by atoms with Gasteiger partial charge in [0.25, 0.3) is 0 Å². The Hall–Kier alpha value is -2.67. The Bertz CT molecular complexity index is 1090. The Morgan fingerprint density at radius 3 is 2.72 bits per heavy atom. The van der Waals surface area contributed by atoms with Crippen molar-refractivity contribution in [2.45, 2.75) is 0 Å². The van der Waals surface area contributed by atoms with Crippen molar-refractivity contribution in [2.75, 3.05) is 0 Å². The van der Waals surface area contributed by atoms with E-state index >= 15 is 0 Å². The summed E-state index contributed by atoms with van der Waals surface area (Å²) in [6, 6.07) is 20.7. The molecular formula is C20H13IN2O2. The predicted molar refractivity (Wildman–Crippen MR) is 108 cm³/mol. The highest BCUT2D eigenvalue weighted by molar-refractivity contribution is 14.1. The van der Waals surface area contributed by atoms with Gasteiger partial charge in [-0.3, -0.25) is 4.99 Å².